The van der Waals surface area contributed by atoms with Crippen molar-refractivity contribution < 1.29 is 0 Å². The summed E-state index contributed by atoms with van der Waals surface area (Å²) < 4.78 is 0. The van der Waals surface area contributed by atoms with Crippen molar-refractivity contribution in [1.82, 2.24) is 6.15 Å². The minimum absolute atomic E-state index is 0. The zero-order chi connectivity index (χ0) is 16.0. The molecule has 3 N–H and O–H groups in total. The van der Waals surface area contributed by atoms with Crippen molar-refractivity contribution in [3.05, 3.63) is 35.9 Å². The molecule has 1 aromatic carbocycles. The topological polar surface area (TPSA) is 35.0 Å². The molecule has 132 valence electrons. The van der Waals surface area contributed by atoms with Crippen LogP contribution in [0.4, 0.5) is 0 Å². The Morgan fingerprint density at radius 3 is 1.32 bits per heavy atom. The molecule has 0 radical (unpaired) electrons. The molecule has 0 aliphatic carbocycles. The molecule has 0 saturated carbocycles. The number of hydrogen-bond donors (Lipinski definition) is 1. The molecule has 0 aliphatic rings. The molecule has 2 heteroatoms. The largest absolute Gasteiger partial charge is 0.344 e. The maximum atomic E-state index is 2.65. The van der Waals surface area contributed by atoms with Gasteiger partial charge in [-0.25, -0.2) is 0 Å². The minimum Gasteiger partial charge on any atom is -0.344 e. The van der Waals surface area contributed by atoms with E-state index in [0.717, 1.165) is 0 Å². The van der Waals surface area contributed by atoms with Crippen LogP contribution < -0.4 is 6.15 Å². The van der Waals surface area contributed by atoms with Gasteiger partial charge >= 0.3 is 91.7 Å². The molecule has 1 rings (SSSR count). The Morgan fingerprint density at radius 1 is 0.727 bits per heavy atom. The summed E-state index contributed by atoms with van der Waals surface area (Å²) in [5.74, 6) is 0. The third kappa shape index (κ3) is 13.3. The maximum Gasteiger partial charge on any atom is -0.0398 e. The molecule has 1 aromatic rings. The van der Waals surface area contributed by atoms with Gasteiger partial charge in [-0.15, -0.1) is 0 Å². The standard InChI is InChI=1S/C13H31P.C7H8.H3N/c1-5-8-11-14(4,12-9-6-2)13-10-7-3;1-7-5-3-2-4-6-7;/h14H,5-13H2,1-4H3;2-6H,1H3;1H3. The molecule has 1 nitrogen and oxygen atoms in total. The average Bonchev–Trinajstić information content (AvgIpc) is 2.51. The van der Waals surface area contributed by atoms with E-state index in [4.69, 9.17) is 0 Å². The fourth-order valence-corrected chi connectivity index (χ4v) is 7.09. The van der Waals surface area contributed by atoms with Gasteiger partial charge in [-0.2, -0.15) is 0 Å². The van der Waals surface area contributed by atoms with Crippen LogP contribution in [0, 0.1) is 6.92 Å². The van der Waals surface area contributed by atoms with Crippen LogP contribution in [0.5, 0.6) is 0 Å². The van der Waals surface area contributed by atoms with Crippen molar-refractivity contribution in [1.29, 1.82) is 0 Å². The fraction of sp³-hybridized carbons (Fsp3) is 0.700. The molecule has 0 unspecified atom stereocenters. The second-order valence-electron chi connectivity index (χ2n) is 6.78. The summed E-state index contributed by atoms with van der Waals surface area (Å²) in [5, 5.41) is 0. The first-order valence-electron chi connectivity index (χ1n) is 9.09. The molecule has 0 fully saturated rings. The number of aryl methyl sites for hydroxylation is 1. The molecule has 0 aromatic heterocycles. The van der Waals surface area contributed by atoms with Crippen molar-refractivity contribution in [2.75, 3.05) is 25.2 Å². The van der Waals surface area contributed by atoms with Gasteiger partial charge in [-0.05, 0) is 6.92 Å². The fourth-order valence-electron chi connectivity index (χ4n) is 2.72. The third-order valence-corrected chi connectivity index (χ3v) is 9.02. The Kier molecular flexibility index (Phi) is 16.8. The Morgan fingerprint density at radius 2 is 1.09 bits per heavy atom. The van der Waals surface area contributed by atoms with Gasteiger partial charge in [-0.3, -0.25) is 0 Å². The minimum atomic E-state index is -0.812. The van der Waals surface area contributed by atoms with Crippen molar-refractivity contribution >= 4 is 7.26 Å². The summed E-state index contributed by atoms with van der Waals surface area (Å²) in [5.41, 5.74) is 1.32. The summed E-state index contributed by atoms with van der Waals surface area (Å²) in [6, 6.07) is 10.3. The zero-order valence-electron chi connectivity index (χ0n) is 16.0. The molecule has 0 aliphatic heterocycles. The Balaban J connectivity index is 0. The van der Waals surface area contributed by atoms with Gasteiger partial charge in [0.15, 0.2) is 0 Å². The predicted molar refractivity (Wildman–Crippen MR) is 110 cm³/mol. The molecule has 0 spiro atoms. The van der Waals surface area contributed by atoms with Gasteiger partial charge in [0.2, 0.25) is 0 Å². The quantitative estimate of drug-likeness (QED) is 0.491. The second kappa shape index (κ2) is 15.5. The predicted octanol–water partition coefficient (Wildman–Crippen LogP) is 6.92. The van der Waals surface area contributed by atoms with E-state index >= 15 is 0 Å². The van der Waals surface area contributed by atoms with E-state index in [0.29, 0.717) is 0 Å². The first-order chi connectivity index (χ1) is 10.1. The van der Waals surface area contributed by atoms with E-state index in [1.54, 1.807) is 18.5 Å². The van der Waals surface area contributed by atoms with Crippen LogP contribution in [0.25, 0.3) is 0 Å². The van der Waals surface area contributed by atoms with E-state index < -0.39 is 7.26 Å². The van der Waals surface area contributed by atoms with Crippen LogP contribution in [0.1, 0.15) is 64.9 Å². The molecule has 0 amide bonds. The van der Waals surface area contributed by atoms with Gasteiger partial charge in [0, 0.05) is 0 Å². The van der Waals surface area contributed by atoms with Gasteiger partial charge in [0.05, 0.1) is 0 Å². The monoisotopic (exact) mass is 327 g/mol. The van der Waals surface area contributed by atoms with Crippen LogP contribution in [-0.4, -0.2) is 25.2 Å². The molecule has 0 saturated heterocycles. The Bertz CT molecular complexity index is 302. The van der Waals surface area contributed by atoms with Crippen LogP contribution in [-0.2, 0) is 0 Å². The number of hydrogen-bond acceptors (Lipinski definition) is 1. The van der Waals surface area contributed by atoms with E-state index in [9.17, 15) is 0 Å². The van der Waals surface area contributed by atoms with Gasteiger partial charge in [0.25, 0.3) is 0 Å². The van der Waals surface area contributed by atoms with Gasteiger partial charge < -0.3 is 6.15 Å². The van der Waals surface area contributed by atoms with Crippen LogP contribution in [0.15, 0.2) is 30.3 Å². The van der Waals surface area contributed by atoms with Crippen LogP contribution in [0.3, 0.4) is 0 Å². The van der Waals surface area contributed by atoms with E-state index in [-0.39, 0.29) is 6.15 Å². The van der Waals surface area contributed by atoms with Crippen molar-refractivity contribution in [2.24, 2.45) is 0 Å². The summed E-state index contributed by atoms with van der Waals surface area (Å²) in [6.07, 6.45) is 13.4. The SMILES string of the molecule is CCCC[PH](C)(CCCC)CCCC.Cc1ccccc1.N. The number of benzene rings is 1. The van der Waals surface area contributed by atoms with Crippen LogP contribution >= 0.6 is 7.26 Å². The number of unbranched alkanes of at least 4 members (excludes halogenated alkanes) is 3. The van der Waals surface area contributed by atoms with Gasteiger partial charge in [0.1, 0.15) is 0 Å². The summed E-state index contributed by atoms with van der Waals surface area (Å²) >= 11 is 0. The molecule has 22 heavy (non-hydrogen) atoms. The van der Waals surface area contributed by atoms with Crippen molar-refractivity contribution in [3.63, 3.8) is 0 Å². The molecule has 0 atom stereocenters. The first-order valence-corrected chi connectivity index (χ1v) is 12.2. The second-order valence-corrected chi connectivity index (χ2v) is 11.9. The Hall–Kier alpha value is -0.390. The molecule has 0 heterocycles. The normalized spacial score (nSPS) is 11.1. The molecular weight excluding hydrogens is 285 g/mol. The zero-order valence-corrected chi connectivity index (χ0v) is 17.0. The number of rotatable bonds is 9. The maximum absolute atomic E-state index is 2.65. The first kappa shape index (κ1) is 23.9. The van der Waals surface area contributed by atoms with Gasteiger partial charge in [-0.1, -0.05) is 35.9 Å². The summed E-state index contributed by atoms with van der Waals surface area (Å²) in [6.45, 7) is 11.7. The van der Waals surface area contributed by atoms with Crippen LogP contribution in [0.2, 0.25) is 0 Å². The third-order valence-electron chi connectivity index (χ3n) is 4.34. The summed E-state index contributed by atoms with van der Waals surface area (Å²) in [7, 11) is -0.812. The summed E-state index contributed by atoms with van der Waals surface area (Å²) in [4.78, 5) is 0. The van der Waals surface area contributed by atoms with Crippen molar-refractivity contribution in [2.45, 2.75) is 66.2 Å². The smallest absolute Gasteiger partial charge is 0.0398 e. The van der Waals surface area contributed by atoms with E-state index in [1.165, 1.54) is 44.1 Å². The Labute approximate surface area is 141 Å². The van der Waals surface area contributed by atoms with E-state index in [1.807, 2.05) is 18.2 Å². The van der Waals surface area contributed by atoms with E-state index in [2.05, 4.69) is 46.5 Å². The molecule has 0 bridgehead atoms. The average molecular weight is 328 g/mol. The molecular formula is C20H42NP. The van der Waals surface area contributed by atoms with Crippen molar-refractivity contribution in [3.8, 4) is 0 Å².